The van der Waals surface area contributed by atoms with Gasteiger partial charge in [0, 0.05) is 15.6 Å². The fourth-order valence-corrected chi connectivity index (χ4v) is 3.27. The zero-order valence-corrected chi connectivity index (χ0v) is 18.0. The molecule has 0 heterocycles. The molecule has 0 atom stereocenters. The average Bonchev–Trinajstić information content (AvgIpc) is 2.77. The molecule has 0 aliphatic heterocycles. The second-order valence-corrected chi connectivity index (χ2v) is 7.18. The maximum Gasteiger partial charge on any atom is 0.161 e. The number of hydrogen-bond acceptors (Lipinski definition) is 4. The van der Waals surface area contributed by atoms with E-state index in [9.17, 15) is 5.26 Å². The molecule has 0 spiro atoms. The number of ether oxygens (including phenoxy) is 3. The summed E-state index contributed by atoms with van der Waals surface area (Å²) in [5, 5.41) is 10.8. The normalized spacial score (nSPS) is 11.0. The number of hydrogen-bond donors (Lipinski definition) is 0. The predicted molar refractivity (Wildman–Crippen MR) is 120 cm³/mol. The van der Waals surface area contributed by atoms with Crippen molar-refractivity contribution >= 4 is 34.9 Å². The smallest absolute Gasteiger partial charge is 0.161 e. The topological polar surface area (TPSA) is 51.5 Å². The highest BCUT2D eigenvalue weighted by Crippen LogP contribution is 2.31. The van der Waals surface area contributed by atoms with Crippen LogP contribution in [-0.2, 0) is 6.61 Å². The summed E-state index contributed by atoms with van der Waals surface area (Å²) in [5.41, 5.74) is 2.98. The molecule has 0 bridgehead atoms. The first-order valence-corrected chi connectivity index (χ1v) is 9.80. The van der Waals surface area contributed by atoms with E-state index in [1.54, 1.807) is 44.6 Å². The molecule has 0 fully saturated rings. The van der Waals surface area contributed by atoms with E-state index in [-0.39, 0.29) is 0 Å². The first kappa shape index (κ1) is 21.6. The molecule has 0 aliphatic carbocycles. The van der Waals surface area contributed by atoms with Gasteiger partial charge in [0.15, 0.2) is 11.5 Å². The van der Waals surface area contributed by atoms with Crippen molar-refractivity contribution in [2.45, 2.75) is 6.61 Å². The van der Waals surface area contributed by atoms with Crippen molar-refractivity contribution < 1.29 is 14.2 Å². The number of nitriles is 1. The Morgan fingerprint density at radius 2 is 1.67 bits per heavy atom. The van der Waals surface area contributed by atoms with E-state index in [4.69, 9.17) is 37.4 Å². The molecule has 3 aromatic carbocycles. The molecule has 0 unspecified atom stereocenters. The van der Waals surface area contributed by atoms with Crippen LogP contribution in [0, 0.1) is 11.3 Å². The van der Waals surface area contributed by atoms with Gasteiger partial charge in [-0.1, -0.05) is 41.4 Å². The van der Waals surface area contributed by atoms with E-state index in [1.807, 2.05) is 36.4 Å². The highest BCUT2D eigenvalue weighted by atomic mass is 35.5. The van der Waals surface area contributed by atoms with Gasteiger partial charge in [0.05, 0.1) is 25.9 Å². The van der Waals surface area contributed by atoms with Crippen LogP contribution in [0.4, 0.5) is 0 Å². The van der Waals surface area contributed by atoms with Gasteiger partial charge >= 0.3 is 0 Å². The summed E-state index contributed by atoms with van der Waals surface area (Å²) in [6.07, 6.45) is 1.81. The third kappa shape index (κ3) is 5.27. The lowest BCUT2D eigenvalue weighted by atomic mass is 10.0. The van der Waals surface area contributed by atoms with Crippen molar-refractivity contribution in [2.75, 3.05) is 14.2 Å². The SMILES string of the molecule is COc1ccc(/C(C#N)=C/c2ccc(OCc3ccc(Cl)cc3Cl)cc2)cc1OC. The molecule has 3 rings (SSSR count). The van der Waals surface area contributed by atoms with E-state index in [0.717, 1.165) is 16.7 Å². The van der Waals surface area contributed by atoms with Gasteiger partial charge in [-0.3, -0.25) is 0 Å². The number of methoxy groups -OCH3 is 2. The summed E-state index contributed by atoms with van der Waals surface area (Å²) in [6.45, 7) is 0.334. The molecule has 152 valence electrons. The van der Waals surface area contributed by atoms with Gasteiger partial charge in [0.1, 0.15) is 12.4 Å². The summed E-state index contributed by atoms with van der Waals surface area (Å²) in [4.78, 5) is 0. The van der Waals surface area contributed by atoms with Crippen LogP contribution in [0.1, 0.15) is 16.7 Å². The Labute approximate surface area is 185 Å². The Kier molecular flexibility index (Phi) is 7.24. The molecule has 3 aromatic rings. The zero-order chi connectivity index (χ0) is 21.5. The number of rotatable bonds is 7. The third-order valence-corrected chi connectivity index (χ3v) is 5.00. The molecule has 6 heteroatoms. The minimum absolute atomic E-state index is 0.334. The molecule has 0 saturated heterocycles. The van der Waals surface area contributed by atoms with Crippen molar-refractivity contribution in [3.05, 3.63) is 87.4 Å². The minimum Gasteiger partial charge on any atom is -0.493 e. The van der Waals surface area contributed by atoms with Crippen molar-refractivity contribution in [1.82, 2.24) is 0 Å². The van der Waals surface area contributed by atoms with Gasteiger partial charge in [-0.25, -0.2) is 0 Å². The van der Waals surface area contributed by atoms with Gasteiger partial charge in [0.25, 0.3) is 0 Å². The molecule has 0 amide bonds. The fraction of sp³-hybridized carbons (Fsp3) is 0.125. The van der Waals surface area contributed by atoms with Crippen molar-refractivity contribution in [3.63, 3.8) is 0 Å². The predicted octanol–water partition coefficient (Wildman–Crippen LogP) is 6.65. The van der Waals surface area contributed by atoms with E-state index < -0.39 is 0 Å². The van der Waals surface area contributed by atoms with E-state index in [1.165, 1.54) is 0 Å². The number of halogens is 2. The van der Waals surface area contributed by atoms with E-state index in [0.29, 0.717) is 39.5 Å². The van der Waals surface area contributed by atoms with Crippen LogP contribution in [0.2, 0.25) is 10.0 Å². The molecule has 0 saturated carbocycles. The quantitative estimate of drug-likeness (QED) is 0.305. The van der Waals surface area contributed by atoms with Crippen LogP contribution in [0.25, 0.3) is 11.6 Å². The highest BCUT2D eigenvalue weighted by Gasteiger charge is 2.08. The Morgan fingerprint density at radius 1 is 0.933 bits per heavy atom. The first-order chi connectivity index (χ1) is 14.5. The van der Waals surface area contributed by atoms with E-state index in [2.05, 4.69) is 6.07 Å². The summed E-state index contributed by atoms with van der Waals surface area (Å²) >= 11 is 12.1. The van der Waals surface area contributed by atoms with Gasteiger partial charge in [-0.05, 0) is 59.7 Å². The van der Waals surface area contributed by atoms with E-state index >= 15 is 0 Å². The van der Waals surface area contributed by atoms with Crippen molar-refractivity contribution in [1.29, 1.82) is 5.26 Å². The highest BCUT2D eigenvalue weighted by molar-refractivity contribution is 6.35. The fourth-order valence-electron chi connectivity index (χ4n) is 2.81. The van der Waals surface area contributed by atoms with Crippen LogP contribution in [0.5, 0.6) is 17.2 Å². The summed E-state index contributed by atoms with van der Waals surface area (Å²) in [7, 11) is 3.14. The Bertz CT molecular complexity index is 1100. The molecule has 0 N–H and O–H groups in total. The lowest BCUT2D eigenvalue weighted by Gasteiger charge is -2.10. The summed E-state index contributed by atoms with van der Waals surface area (Å²) in [5.74, 6) is 1.88. The van der Waals surface area contributed by atoms with Crippen LogP contribution in [0.3, 0.4) is 0 Å². The van der Waals surface area contributed by atoms with Crippen molar-refractivity contribution in [2.24, 2.45) is 0 Å². The van der Waals surface area contributed by atoms with Gasteiger partial charge < -0.3 is 14.2 Å². The first-order valence-electron chi connectivity index (χ1n) is 9.05. The average molecular weight is 440 g/mol. The monoisotopic (exact) mass is 439 g/mol. The minimum atomic E-state index is 0.334. The Morgan fingerprint density at radius 3 is 2.30 bits per heavy atom. The standard InChI is InChI=1S/C24H19Cl2NO3/c1-28-23-10-6-17(12-24(23)29-2)19(14-27)11-16-3-8-21(9-4-16)30-15-18-5-7-20(25)13-22(18)26/h3-13H,15H2,1-2H3/b19-11+. The Hall–Kier alpha value is -3.13. The maximum atomic E-state index is 9.60. The molecular formula is C24H19Cl2NO3. The number of allylic oxidation sites excluding steroid dienone is 1. The second kappa shape index (κ2) is 10.1. The van der Waals surface area contributed by atoms with Gasteiger partial charge in [-0.2, -0.15) is 5.26 Å². The molecule has 30 heavy (non-hydrogen) atoms. The maximum absolute atomic E-state index is 9.60. The molecule has 0 radical (unpaired) electrons. The van der Waals surface area contributed by atoms with Crippen LogP contribution < -0.4 is 14.2 Å². The second-order valence-electron chi connectivity index (χ2n) is 6.33. The van der Waals surface area contributed by atoms with Crippen LogP contribution in [0.15, 0.2) is 60.7 Å². The van der Waals surface area contributed by atoms with Gasteiger partial charge in [0.2, 0.25) is 0 Å². The van der Waals surface area contributed by atoms with Crippen LogP contribution in [-0.4, -0.2) is 14.2 Å². The lowest BCUT2D eigenvalue weighted by molar-refractivity contribution is 0.306. The lowest BCUT2D eigenvalue weighted by Crippen LogP contribution is -1.96. The molecule has 0 aliphatic rings. The molecular weight excluding hydrogens is 421 g/mol. The number of nitrogens with zero attached hydrogens (tertiary/aromatic N) is 1. The third-order valence-electron chi connectivity index (χ3n) is 4.42. The van der Waals surface area contributed by atoms with Gasteiger partial charge in [-0.15, -0.1) is 0 Å². The van der Waals surface area contributed by atoms with Crippen molar-refractivity contribution in [3.8, 4) is 23.3 Å². The van der Waals surface area contributed by atoms with Crippen LogP contribution >= 0.6 is 23.2 Å². The largest absolute Gasteiger partial charge is 0.493 e. The molecule has 0 aromatic heterocycles. The zero-order valence-electron chi connectivity index (χ0n) is 16.5. The number of benzene rings is 3. The Balaban J connectivity index is 1.74. The summed E-state index contributed by atoms with van der Waals surface area (Å²) in [6, 6.07) is 20.4. The summed E-state index contributed by atoms with van der Waals surface area (Å²) < 4.78 is 16.4. The molecule has 4 nitrogen and oxygen atoms in total.